The van der Waals surface area contributed by atoms with Crippen molar-refractivity contribution < 1.29 is 9.53 Å². The summed E-state index contributed by atoms with van der Waals surface area (Å²) in [6.45, 7) is 1.15. The zero-order valence-corrected chi connectivity index (χ0v) is 17.2. The van der Waals surface area contributed by atoms with Crippen molar-refractivity contribution in [1.82, 2.24) is 4.90 Å². The summed E-state index contributed by atoms with van der Waals surface area (Å²) >= 11 is 7.66. The van der Waals surface area contributed by atoms with Crippen molar-refractivity contribution in [3.8, 4) is 5.75 Å². The second-order valence-electron chi connectivity index (χ2n) is 6.32. The molecule has 0 spiro atoms. The van der Waals surface area contributed by atoms with E-state index in [9.17, 15) is 4.79 Å². The first kappa shape index (κ1) is 20.3. The van der Waals surface area contributed by atoms with E-state index in [1.165, 1.54) is 4.90 Å². The average Bonchev–Trinajstić information content (AvgIpc) is 2.73. The van der Waals surface area contributed by atoms with Gasteiger partial charge in [-0.2, -0.15) is 0 Å². The van der Waals surface area contributed by atoms with E-state index in [0.29, 0.717) is 23.7 Å². The molecule has 0 heterocycles. The van der Waals surface area contributed by atoms with E-state index in [0.717, 1.165) is 17.1 Å². The fourth-order valence-corrected chi connectivity index (χ4v) is 3.56. The van der Waals surface area contributed by atoms with Crippen LogP contribution in [-0.4, -0.2) is 30.2 Å². The summed E-state index contributed by atoms with van der Waals surface area (Å²) in [5.41, 5.74) is 1.68. The predicted octanol–water partition coefficient (Wildman–Crippen LogP) is 5.78. The number of carbonyl (C=O) groups is 1. The van der Waals surface area contributed by atoms with Crippen molar-refractivity contribution in [3.05, 3.63) is 95.0 Å². The van der Waals surface area contributed by atoms with Crippen molar-refractivity contribution in [2.75, 3.05) is 19.4 Å². The zero-order valence-electron chi connectivity index (χ0n) is 15.7. The predicted molar refractivity (Wildman–Crippen MR) is 116 cm³/mol. The molecule has 28 heavy (non-hydrogen) atoms. The molecule has 3 aromatic rings. The third kappa shape index (κ3) is 6.04. The molecule has 0 fully saturated rings. The van der Waals surface area contributed by atoms with E-state index >= 15 is 0 Å². The van der Waals surface area contributed by atoms with Crippen molar-refractivity contribution >= 4 is 29.3 Å². The van der Waals surface area contributed by atoms with Crippen molar-refractivity contribution in [2.24, 2.45) is 0 Å². The molecular formula is C23H22ClNO2S. The highest BCUT2D eigenvalue weighted by Crippen LogP contribution is 2.19. The van der Waals surface area contributed by atoms with Crippen LogP contribution in [0.15, 0.2) is 83.8 Å². The maximum absolute atomic E-state index is 12.6. The molecule has 0 atom stereocenters. The lowest BCUT2D eigenvalue weighted by atomic mass is 10.1. The molecule has 5 heteroatoms. The maximum Gasteiger partial charge on any atom is 0.253 e. The van der Waals surface area contributed by atoms with E-state index in [4.69, 9.17) is 16.3 Å². The number of thioether (sulfide) groups is 1. The van der Waals surface area contributed by atoms with Gasteiger partial charge in [-0.15, -0.1) is 11.8 Å². The van der Waals surface area contributed by atoms with Gasteiger partial charge in [0.25, 0.3) is 5.91 Å². The standard InChI is InChI=1S/C23H22ClNO2S/c1-25(17-18-7-11-20(24)12-8-18)23(26)19-9-13-21(14-10-19)27-15-16-28-22-5-3-2-4-6-22/h2-14H,15-17H2,1H3. The number of ether oxygens (including phenoxy) is 1. The van der Waals surface area contributed by atoms with Crippen LogP contribution in [0.4, 0.5) is 0 Å². The van der Waals surface area contributed by atoms with Crippen LogP contribution in [0, 0.1) is 0 Å². The first-order chi connectivity index (χ1) is 13.6. The average molecular weight is 412 g/mol. The molecule has 3 nitrogen and oxygen atoms in total. The van der Waals surface area contributed by atoms with Crippen LogP contribution in [-0.2, 0) is 6.54 Å². The van der Waals surface area contributed by atoms with Gasteiger partial charge in [-0.1, -0.05) is 41.9 Å². The molecule has 3 rings (SSSR count). The molecule has 0 N–H and O–H groups in total. The fourth-order valence-electron chi connectivity index (χ4n) is 2.69. The molecular weight excluding hydrogens is 390 g/mol. The number of benzene rings is 3. The quantitative estimate of drug-likeness (QED) is 0.347. The van der Waals surface area contributed by atoms with Gasteiger partial charge >= 0.3 is 0 Å². The lowest BCUT2D eigenvalue weighted by Gasteiger charge is -2.17. The Hall–Kier alpha value is -2.43. The number of nitrogens with zero attached hydrogens (tertiary/aromatic N) is 1. The van der Waals surface area contributed by atoms with E-state index in [1.807, 2.05) is 54.6 Å². The minimum absolute atomic E-state index is 0.0267. The van der Waals surface area contributed by atoms with Crippen molar-refractivity contribution in [2.45, 2.75) is 11.4 Å². The molecule has 3 aromatic carbocycles. The highest BCUT2D eigenvalue weighted by molar-refractivity contribution is 7.99. The van der Waals surface area contributed by atoms with Crippen LogP contribution in [0.5, 0.6) is 5.75 Å². The van der Waals surface area contributed by atoms with Crippen LogP contribution < -0.4 is 4.74 Å². The minimum Gasteiger partial charge on any atom is -0.493 e. The topological polar surface area (TPSA) is 29.5 Å². The molecule has 0 unspecified atom stereocenters. The number of hydrogen-bond donors (Lipinski definition) is 0. The summed E-state index contributed by atoms with van der Waals surface area (Å²) in [5.74, 6) is 1.61. The smallest absolute Gasteiger partial charge is 0.253 e. The Bertz CT molecular complexity index is 883. The number of hydrogen-bond acceptors (Lipinski definition) is 3. The van der Waals surface area contributed by atoms with Gasteiger partial charge in [0.15, 0.2) is 0 Å². The molecule has 0 bridgehead atoms. The molecule has 144 valence electrons. The summed E-state index contributed by atoms with van der Waals surface area (Å²) in [5, 5.41) is 0.690. The van der Waals surface area contributed by atoms with E-state index in [-0.39, 0.29) is 5.91 Å². The summed E-state index contributed by atoms with van der Waals surface area (Å²) in [6.07, 6.45) is 0. The van der Waals surface area contributed by atoms with Crippen LogP contribution in [0.25, 0.3) is 0 Å². The third-order valence-corrected chi connectivity index (χ3v) is 5.37. The van der Waals surface area contributed by atoms with Gasteiger partial charge in [0.05, 0.1) is 6.61 Å². The number of halogens is 1. The van der Waals surface area contributed by atoms with E-state index in [2.05, 4.69) is 12.1 Å². The second kappa shape index (κ2) is 10.2. The highest BCUT2D eigenvalue weighted by atomic mass is 35.5. The molecule has 0 saturated heterocycles. The Labute approximate surface area is 175 Å². The molecule has 0 aliphatic carbocycles. The molecule has 0 aliphatic heterocycles. The molecule has 1 amide bonds. The minimum atomic E-state index is -0.0267. The third-order valence-electron chi connectivity index (χ3n) is 4.14. The molecule has 0 saturated carbocycles. The van der Waals surface area contributed by atoms with Crippen LogP contribution in [0.2, 0.25) is 5.02 Å². The van der Waals surface area contributed by atoms with Crippen LogP contribution in [0.1, 0.15) is 15.9 Å². The van der Waals surface area contributed by atoms with Gasteiger partial charge in [0, 0.05) is 34.8 Å². The Kier molecular flexibility index (Phi) is 7.40. The van der Waals surface area contributed by atoms with Crippen molar-refractivity contribution in [1.29, 1.82) is 0 Å². The number of amides is 1. The molecule has 0 radical (unpaired) electrons. The summed E-state index contributed by atoms with van der Waals surface area (Å²) in [7, 11) is 1.79. The van der Waals surface area contributed by atoms with E-state index < -0.39 is 0 Å². The lowest BCUT2D eigenvalue weighted by Crippen LogP contribution is -2.26. The van der Waals surface area contributed by atoms with Gasteiger partial charge in [-0.25, -0.2) is 0 Å². The normalized spacial score (nSPS) is 10.5. The van der Waals surface area contributed by atoms with E-state index in [1.54, 1.807) is 35.8 Å². The van der Waals surface area contributed by atoms with Gasteiger partial charge < -0.3 is 9.64 Å². The Morgan fingerprint density at radius 2 is 1.64 bits per heavy atom. The highest BCUT2D eigenvalue weighted by Gasteiger charge is 2.12. The zero-order chi connectivity index (χ0) is 19.8. The first-order valence-corrected chi connectivity index (χ1v) is 10.4. The van der Waals surface area contributed by atoms with Gasteiger partial charge in [-0.3, -0.25) is 4.79 Å². The largest absolute Gasteiger partial charge is 0.493 e. The van der Waals surface area contributed by atoms with Gasteiger partial charge in [-0.05, 0) is 54.1 Å². The monoisotopic (exact) mass is 411 g/mol. The summed E-state index contributed by atoms with van der Waals surface area (Å²) in [6, 6.07) is 25.1. The van der Waals surface area contributed by atoms with Crippen molar-refractivity contribution in [3.63, 3.8) is 0 Å². The molecule has 0 aromatic heterocycles. The Balaban J connectivity index is 1.47. The van der Waals surface area contributed by atoms with Crippen LogP contribution >= 0.6 is 23.4 Å². The number of carbonyl (C=O) groups excluding carboxylic acids is 1. The lowest BCUT2D eigenvalue weighted by molar-refractivity contribution is 0.0785. The van der Waals surface area contributed by atoms with Gasteiger partial charge in [0.1, 0.15) is 5.75 Å². The number of rotatable bonds is 8. The van der Waals surface area contributed by atoms with Gasteiger partial charge in [0.2, 0.25) is 0 Å². The molecule has 0 aliphatic rings. The Morgan fingerprint density at radius 3 is 2.32 bits per heavy atom. The SMILES string of the molecule is CN(Cc1ccc(Cl)cc1)C(=O)c1ccc(OCCSc2ccccc2)cc1. The van der Waals surface area contributed by atoms with Crippen LogP contribution in [0.3, 0.4) is 0 Å². The fraction of sp³-hybridized carbons (Fsp3) is 0.174. The summed E-state index contributed by atoms with van der Waals surface area (Å²) in [4.78, 5) is 15.5. The Morgan fingerprint density at radius 1 is 0.964 bits per heavy atom. The second-order valence-corrected chi connectivity index (χ2v) is 7.93. The summed E-state index contributed by atoms with van der Waals surface area (Å²) < 4.78 is 5.77. The maximum atomic E-state index is 12.6. The first-order valence-electron chi connectivity index (χ1n) is 9.02.